The SMILES string of the molecule is c1cc2c(s1)CCc1ccsc1-2. The summed E-state index contributed by atoms with van der Waals surface area (Å²) in [5, 5.41) is 4.41. The van der Waals surface area contributed by atoms with E-state index in [0.717, 1.165) is 0 Å². The van der Waals surface area contributed by atoms with Crippen molar-refractivity contribution in [2.45, 2.75) is 12.8 Å². The smallest absolute Gasteiger partial charge is 0.0385 e. The summed E-state index contributed by atoms with van der Waals surface area (Å²) >= 11 is 3.78. The fourth-order valence-corrected chi connectivity index (χ4v) is 3.71. The third kappa shape index (κ3) is 0.822. The van der Waals surface area contributed by atoms with Gasteiger partial charge in [0.05, 0.1) is 0 Å². The number of hydrogen-bond donors (Lipinski definition) is 0. The molecule has 0 saturated carbocycles. The van der Waals surface area contributed by atoms with E-state index in [9.17, 15) is 0 Å². The van der Waals surface area contributed by atoms with Gasteiger partial charge in [-0.3, -0.25) is 0 Å². The summed E-state index contributed by atoms with van der Waals surface area (Å²) in [7, 11) is 0. The van der Waals surface area contributed by atoms with Crippen LogP contribution in [0.3, 0.4) is 0 Å². The third-order valence-electron chi connectivity index (χ3n) is 2.36. The van der Waals surface area contributed by atoms with Gasteiger partial charge in [0.1, 0.15) is 0 Å². The minimum absolute atomic E-state index is 1.24. The molecule has 0 N–H and O–H groups in total. The topological polar surface area (TPSA) is 0 Å². The second kappa shape index (κ2) is 2.44. The van der Waals surface area contributed by atoms with Gasteiger partial charge >= 0.3 is 0 Å². The van der Waals surface area contributed by atoms with E-state index in [0.29, 0.717) is 0 Å². The summed E-state index contributed by atoms with van der Waals surface area (Å²) in [5.74, 6) is 0. The van der Waals surface area contributed by atoms with Crippen LogP contribution in [0.4, 0.5) is 0 Å². The van der Waals surface area contributed by atoms with Crippen molar-refractivity contribution in [3.63, 3.8) is 0 Å². The van der Waals surface area contributed by atoms with E-state index in [1.54, 1.807) is 10.4 Å². The molecular formula is C10H8S2. The van der Waals surface area contributed by atoms with Crippen LogP contribution in [0.15, 0.2) is 22.9 Å². The summed E-state index contributed by atoms with van der Waals surface area (Å²) in [6.07, 6.45) is 2.49. The Hall–Kier alpha value is -0.600. The maximum absolute atomic E-state index is 2.26. The van der Waals surface area contributed by atoms with Crippen molar-refractivity contribution < 1.29 is 0 Å². The number of fused-ring (bicyclic) bond motifs is 3. The van der Waals surface area contributed by atoms with Crippen LogP contribution >= 0.6 is 22.7 Å². The van der Waals surface area contributed by atoms with Gasteiger partial charge in [-0.05, 0) is 41.3 Å². The highest BCUT2D eigenvalue weighted by Crippen LogP contribution is 2.39. The zero-order valence-electron chi connectivity index (χ0n) is 6.54. The molecule has 2 aromatic rings. The van der Waals surface area contributed by atoms with E-state index < -0.39 is 0 Å². The lowest BCUT2D eigenvalue weighted by atomic mass is 9.99. The van der Waals surface area contributed by atoms with Gasteiger partial charge in [-0.1, -0.05) is 0 Å². The summed E-state index contributed by atoms with van der Waals surface area (Å²) in [5.41, 5.74) is 3.04. The van der Waals surface area contributed by atoms with Crippen LogP contribution < -0.4 is 0 Å². The lowest BCUT2D eigenvalue weighted by Gasteiger charge is -2.10. The third-order valence-corrected chi connectivity index (χ3v) is 4.33. The largest absolute Gasteiger partial charge is 0.148 e. The lowest BCUT2D eigenvalue weighted by molar-refractivity contribution is 0.972. The molecule has 2 heteroatoms. The summed E-state index contributed by atoms with van der Waals surface area (Å²) in [6.45, 7) is 0. The Balaban J connectivity index is 2.32. The average molecular weight is 192 g/mol. The molecule has 2 heterocycles. The molecule has 1 aliphatic carbocycles. The second-order valence-corrected chi connectivity index (χ2v) is 4.95. The van der Waals surface area contributed by atoms with Gasteiger partial charge in [0.15, 0.2) is 0 Å². The molecule has 0 spiro atoms. The molecule has 12 heavy (non-hydrogen) atoms. The highest BCUT2D eigenvalue weighted by Gasteiger charge is 2.17. The zero-order chi connectivity index (χ0) is 7.97. The average Bonchev–Trinajstić information content (AvgIpc) is 2.71. The zero-order valence-corrected chi connectivity index (χ0v) is 8.17. The first-order valence-electron chi connectivity index (χ1n) is 4.08. The minimum atomic E-state index is 1.24. The maximum Gasteiger partial charge on any atom is 0.0385 e. The Bertz CT molecular complexity index is 369. The van der Waals surface area contributed by atoms with Crippen molar-refractivity contribution in [1.82, 2.24) is 0 Å². The molecule has 0 unspecified atom stereocenters. The monoisotopic (exact) mass is 192 g/mol. The molecular weight excluding hydrogens is 184 g/mol. The Kier molecular flexibility index (Phi) is 1.40. The fourth-order valence-electron chi connectivity index (χ4n) is 1.75. The van der Waals surface area contributed by atoms with Crippen LogP contribution in [-0.4, -0.2) is 0 Å². The molecule has 0 saturated heterocycles. The van der Waals surface area contributed by atoms with Crippen molar-refractivity contribution in [2.24, 2.45) is 0 Å². The van der Waals surface area contributed by atoms with Crippen LogP contribution in [0, 0.1) is 0 Å². The molecule has 0 aliphatic heterocycles. The lowest BCUT2D eigenvalue weighted by Crippen LogP contribution is -1.96. The molecule has 0 bridgehead atoms. The molecule has 0 fully saturated rings. The molecule has 3 rings (SSSR count). The number of hydrogen-bond acceptors (Lipinski definition) is 2. The van der Waals surface area contributed by atoms with Crippen LogP contribution in [-0.2, 0) is 12.8 Å². The maximum atomic E-state index is 2.26. The second-order valence-electron chi connectivity index (χ2n) is 3.03. The number of thiophene rings is 2. The van der Waals surface area contributed by atoms with Gasteiger partial charge in [-0.25, -0.2) is 0 Å². The van der Waals surface area contributed by atoms with Crippen LogP contribution in [0.5, 0.6) is 0 Å². The summed E-state index contributed by atoms with van der Waals surface area (Å²) < 4.78 is 0. The van der Waals surface area contributed by atoms with Gasteiger partial charge in [-0.2, -0.15) is 0 Å². The summed E-state index contributed by atoms with van der Waals surface area (Å²) in [4.78, 5) is 3.09. The molecule has 60 valence electrons. The normalized spacial score (nSPS) is 14.0. The minimum Gasteiger partial charge on any atom is -0.148 e. The molecule has 1 aliphatic rings. The van der Waals surface area contributed by atoms with Crippen molar-refractivity contribution in [2.75, 3.05) is 0 Å². The first-order chi connectivity index (χ1) is 5.95. The van der Waals surface area contributed by atoms with Crippen molar-refractivity contribution in [3.8, 4) is 10.4 Å². The van der Waals surface area contributed by atoms with E-state index in [2.05, 4.69) is 22.9 Å². The highest BCUT2D eigenvalue weighted by atomic mass is 32.1. The van der Waals surface area contributed by atoms with E-state index in [1.165, 1.54) is 23.3 Å². The molecule has 0 radical (unpaired) electrons. The van der Waals surface area contributed by atoms with Gasteiger partial charge in [-0.15, -0.1) is 22.7 Å². The van der Waals surface area contributed by atoms with Crippen molar-refractivity contribution in [3.05, 3.63) is 33.3 Å². The Morgan fingerprint density at radius 1 is 1.00 bits per heavy atom. The van der Waals surface area contributed by atoms with Crippen LogP contribution in [0.1, 0.15) is 10.4 Å². The molecule has 0 amide bonds. The van der Waals surface area contributed by atoms with E-state index >= 15 is 0 Å². The van der Waals surface area contributed by atoms with Crippen LogP contribution in [0.2, 0.25) is 0 Å². The number of rotatable bonds is 0. The van der Waals surface area contributed by atoms with E-state index in [-0.39, 0.29) is 0 Å². The predicted octanol–water partition coefficient (Wildman–Crippen LogP) is 3.58. The standard InChI is InChI=1S/C10H8S2/c1-2-9-8(4-6-11-9)10-7(1)3-5-12-10/h3-6H,1-2H2. The molecule has 0 nitrogen and oxygen atoms in total. The summed E-state index contributed by atoms with van der Waals surface area (Å²) in [6, 6.07) is 4.52. The fraction of sp³-hybridized carbons (Fsp3) is 0.200. The van der Waals surface area contributed by atoms with Gasteiger partial charge in [0, 0.05) is 15.3 Å². The number of aryl methyl sites for hydroxylation is 2. The Morgan fingerprint density at radius 3 is 2.92 bits per heavy atom. The van der Waals surface area contributed by atoms with Gasteiger partial charge in [0.25, 0.3) is 0 Å². The molecule has 0 aromatic carbocycles. The van der Waals surface area contributed by atoms with Gasteiger partial charge < -0.3 is 0 Å². The van der Waals surface area contributed by atoms with E-state index in [1.807, 2.05) is 22.7 Å². The first-order valence-corrected chi connectivity index (χ1v) is 5.84. The Morgan fingerprint density at radius 2 is 1.92 bits per heavy atom. The van der Waals surface area contributed by atoms with E-state index in [4.69, 9.17) is 0 Å². The highest BCUT2D eigenvalue weighted by molar-refractivity contribution is 7.15. The van der Waals surface area contributed by atoms with Crippen molar-refractivity contribution >= 4 is 22.7 Å². The quantitative estimate of drug-likeness (QED) is 0.598. The van der Waals surface area contributed by atoms with Crippen molar-refractivity contribution in [1.29, 1.82) is 0 Å². The molecule has 2 aromatic heterocycles. The van der Waals surface area contributed by atoms with Crippen LogP contribution in [0.25, 0.3) is 10.4 Å². The molecule has 0 atom stereocenters. The predicted molar refractivity (Wildman–Crippen MR) is 55.0 cm³/mol. The Labute approximate surface area is 79.5 Å². The van der Waals surface area contributed by atoms with Gasteiger partial charge in [0.2, 0.25) is 0 Å². The first kappa shape index (κ1) is 6.87.